The Kier molecular flexibility index (Phi) is 5.29. The van der Waals surface area contributed by atoms with Crippen LogP contribution < -0.4 is 5.32 Å². The molecule has 0 aliphatic carbocycles. The molecule has 19 heavy (non-hydrogen) atoms. The van der Waals surface area contributed by atoms with Crippen molar-refractivity contribution in [1.82, 2.24) is 10.3 Å². The minimum atomic E-state index is -0.804. The fourth-order valence-corrected chi connectivity index (χ4v) is 1.90. The number of methoxy groups -OCH3 is 1. The van der Waals surface area contributed by atoms with Gasteiger partial charge in [0.2, 0.25) is 0 Å². The maximum absolute atomic E-state index is 11.7. The number of hydrogen-bond donors (Lipinski definition) is 1. The Morgan fingerprint density at radius 2 is 2.16 bits per heavy atom. The molecule has 0 aromatic carbocycles. The number of esters is 1. The topological polar surface area (TPSA) is 77.5 Å². The molecule has 1 aromatic heterocycles. The first-order valence-electron chi connectivity index (χ1n) is 5.76. The molecule has 0 aliphatic rings. The van der Waals surface area contributed by atoms with E-state index in [1.807, 2.05) is 5.38 Å². The molecule has 0 unspecified atom stereocenters. The maximum Gasteiger partial charge on any atom is 0.408 e. The summed E-state index contributed by atoms with van der Waals surface area (Å²) in [6.07, 6.45) is -0.381. The number of hydrogen-bond acceptors (Lipinski definition) is 6. The van der Waals surface area contributed by atoms with Crippen LogP contribution in [0.2, 0.25) is 0 Å². The highest BCUT2D eigenvalue weighted by atomic mass is 32.1. The predicted molar refractivity (Wildman–Crippen MR) is 71.0 cm³/mol. The van der Waals surface area contributed by atoms with Gasteiger partial charge in [0, 0.05) is 11.8 Å². The summed E-state index contributed by atoms with van der Waals surface area (Å²) in [6, 6.07) is -0.804. The lowest BCUT2D eigenvalue weighted by atomic mass is 10.1. The molecule has 1 heterocycles. The third kappa shape index (κ3) is 5.69. The van der Waals surface area contributed by atoms with Crippen LogP contribution in [-0.2, 0) is 20.7 Å². The zero-order valence-electron chi connectivity index (χ0n) is 11.4. The van der Waals surface area contributed by atoms with Gasteiger partial charge in [-0.2, -0.15) is 0 Å². The van der Waals surface area contributed by atoms with Crippen LogP contribution in [0.3, 0.4) is 0 Å². The standard InChI is InChI=1S/C12H18N2O4S/c1-12(2,3)18-11(16)14-9(10(15)17-4)5-8-6-19-7-13-8/h6-7,9H,5H2,1-4H3,(H,14,16)/t9-/m0/s1. The number of amides is 1. The van der Waals surface area contributed by atoms with Gasteiger partial charge in [-0.05, 0) is 20.8 Å². The predicted octanol–water partition coefficient (Wildman–Crippen LogP) is 1.75. The second kappa shape index (κ2) is 6.51. The van der Waals surface area contributed by atoms with E-state index in [1.54, 1.807) is 26.3 Å². The van der Waals surface area contributed by atoms with Crippen LogP contribution in [0.15, 0.2) is 10.9 Å². The van der Waals surface area contributed by atoms with E-state index in [4.69, 9.17) is 4.74 Å². The van der Waals surface area contributed by atoms with Crippen molar-refractivity contribution in [3.8, 4) is 0 Å². The Labute approximate surface area is 116 Å². The first-order chi connectivity index (χ1) is 8.81. The van der Waals surface area contributed by atoms with E-state index in [9.17, 15) is 9.59 Å². The normalized spacial score (nSPS) is 12.6. The molecule has 1 atom stereocenters. The van der Waals surface area contributed by atoms with Gasteiger partial charge in [0.25, 0.3) is 0 Å². The van der Waals surface area contributed by atoms with Crippen molar-refractivity contribution in [3.05, 3.63) is 16.6 Å². The Hall–Kier alpha value is -1.63. The number of nitrogens with one attached hydrogen (secondary N) is 1. The van der Waals surface area contributed by atoms with Gasteiger partial charge in [0.15, 0.2) is 0 Å². The summed E-state index contributed by atoms with van der Waals surface area (Å²) in [5.41, 5.74) is 1.76. The summed E-state index contributed by atoms with van der Waals surface area (Å²) in [7, 11) is 1.27. The van der Waals surface area contributed by atoms with E-state index in [0.29, 0.717) is 0 Å². The zero-order valence-corrected chi connectivity index (χ0v) is 12.2. The van der Waals surface area contributed by atoms with Crippen molar-refractivity contribution in [1.29, 1.82) is 0 Å². The SMILES string of the molecule is COC(=O)[C@H](Cc1cscn1)NC(=O)OC(C)(C)C. The molecule has 6 nitrogen and oxygen atoms in total. The zero-order chi connectivity index (χ0) is 14.5. The lowest BCUT2D eigenvalue weighted by molar-refractivity contribution is -0.143. The average Bonchev–Trinajstić information content (AvgIpc) is 2.77. The summed E-state index contributed by atoms with van der Waals surface area (Å²) in [6.45, 7) is 5.25. The van der Waals surface area contributed by atoms with Crippen LogP contribution in [0, 0.1) is 0 Å². The van der Waals surface area contributed by atoms with Gasteiger partial charge in [0.05, 0.1) is 18.3 Å². The van der Waals surface area contributed by atoms with Crippen molar-refractivity contribution in [2.24, 2.45) is 0 Å². The van der Waals surface area contributed by atoms with E-state index in [1.165, 1.54) is 18.4 Å². The summed E-state index contributed by atoms with van der Waals surface area (Å²) >= 11 is 1.42. The van der Waals surface area contributed by atoms with Crippen LogP contribution in [0.4, 0.5) is 4.79 Å². The largest absolute Gasteiger partial charge is 0.467 e. The molecule has 0 saturated heterocycles. The van der Waals surface area contributed by atoms with Gasteiger partial charge >= 0.3 is 12.1 Å². The lowest BCUT2D eigenvalue weighted by Gasteiger charge is -2.22. The molecular weight excluding hydrogens is 268 g/mol. The van der Waals surface area contributed by atoms with Gasteiger partial charge in [0.1, 0.15) is 11.6 Å². The van der Waals surface area contributed by atoms with Crippen LogP contribution in [0.5, 0.6) is 0 Å². The minimum Gasteiger partial charge on any atom is -0.467 e. The number of rotatable bonds is 4. The second-order valence-electron chi connectivity index (χ2n) is 4.91. The Balaban J connectivity index is 2.65. The van der Waals surface area contributed by atoms with Gasteiger partial charge < -0.3 is 14.8 Å². The number of alkyl carbamates (subject to hydrolysis) is 1. The van der Waals surface area contributed by atoms with E-state index < -0.39 is 23.7 Å². The van der Waals surface area contributed by atoms with Crippen LogP contribution >= 0.6 is 11.3 Å². The molecule has 0 aliphatic heterocycles. The fourth-order valence-electron chi connectivity index (χ4n) is 1.33. The maximum atomic E-state index is 11.7. The summed E-state index contributed by atoms with van der Waals surface area (Å²) in [5, 5.41) is 4.30. The van der Waals surface area contributed by atoms with Crippen LogP contribution in [0.1, 0.15) is 26.5 Å². The fraction of sp³-hybridized carbons (Fsp3) is 0.583. The smallest absolute Gasteiger partial charge is 0.408 e. The molecule has 0 radical (unpaired) electrons. The average molecular weight is 286 g/mol. The van der Waals surface area contributed by atoms with Gasteiger partial charge in [-0.25, -0.2) is 14.6 Å². The quantitative estimate of drug-likeness (QED) is 0.853. The molecule has 106 valence electrons. The molecule has 1 rings (SSSR count). The van der Waals surface area contributed by atoms with E-state index in [-0.39, 0.29) is 6.42 Å². The number of thiazole rings is 1. The molecular formula is C12H18N2O4S. The van der Waals surface area contributed by atoms with Crippen molar-refractivity contribution >= 4 is 23.4 Å². The highest BCUT2D eigenvalue weighted by Crippen LogP contribution is 2.09. The van der Waals surface area contributed by atoms with E-state index in [0.717, 1.165) is 5.69 Å². The van der Waals surface area contributed by atoms with Gasteiger partial charge in [-0.1, -0.05) is 0 Å². The number of nitrogens with zero attached hydrogens (tertiary/aromatic N) is 1. The molecule has 1 amide bonds. The minimum absolute atomic E-state index is 0.273. The molecule has 0 spiro atoms. The summed E-state index contributed by atoms with van der Waals surface area (Å²) < 4.78 is 9.76. The monoisotopic (exact) mass is 286 g/mol. The molecule has 0 fully saturated rings. The Morgan fingerprint density at radius 3 is 2.63 bits per heavy atom. The first-order valence-corrected chi connectivity index (χ1v) is 6.70. The summed E-state index contributed by atoms with van der Waals surface area (Å²) in [5.74, 6) is -0.529. The first kappa shape index (κ1) is 15.4. The van der Waals surface area contributed by atoms with Crippen molar-refractivity contribution in [2.75, 3.05) is 7.11 Å². The number of aromatic nitrogens is 1. The number of carbonyl (C=O) groups is 2. The Morgan fingerprint density at radius 1 is 1.47 bits per heavy atom. The Bertz CT molecular complexity index is 425. The highest BCUT2D eigenvalue weighted by Gasteiger charge is 2.25. The van der Waals surface area contributed by atoms with E-state index >= 15 is 0 Å². The molecule has 0 bridgehead atoms. The third-order valence-corrected chi connectivity index (χ3v) is 2.71. The molecule has 1 aromatic rings. The number of carbonyl (C=O) groups excluding carboxylic acids is 2. The van der Waals surface area contributed by atoms with Crippen LogP contribution in [-0.4, -0.2) is 35.8 Å². The van der Waals surface area contributed by atoms with E-state index in [2.05, 4.69) is 15.0 Å². The molecule has 7 heteroatoms. The van der Waals surface area contributed by atoms with Gasteiger partial charge in [-0.15, -0.1) is 11.3 Å². The molecule has 0 saturated carbocycles. The van der Waals surface area contributed by atoms with Crippen molar-refractivity contribution in [3.63, 3.8) is 0 Å². The van der Waals surface area contributed by atoms with Gasteiger partial charge in [-0.3, -0.25) is 0 Å². The summed E-state index contributed by atoms with van der Waals surface area (Å²) in [4.78, 5) is 27.4. The second-order valence-corrected chi connectivity index (χ2v) is 5.62. The lowest BCUT2D eigenvalue weighted by Crippen LogP contribution is -2.45. The van der Waals surface area contributed by atoms with Crippen molar-refractivity contribution in [2.45, 2.75) is 38.8 Å². The van der Waals surface area contributed by atoms with Crippen LogP contribution in [0.25, 0.3) is 0 Å². The third-order valence-electron chi connectivity index (χ3n) is 2.07. The molecule has 1 N–H and O–H groups in total. The van der Waals surface area contributed by atoms with Crippen molar-refractivity contribution < 1.29 is 19.1 Å². The highest BCUT2D eigenvalue weighted by molar-refractivity contribution is 7.07. The number of ether oxygens (including phenoxy) is 2.